The van der Waals surface area contributed by atoms with Crippen LogP contribution in [0.4, 0.5) is 14.9 Å². The van der Waals surface area contributed by atoms with Crippen molar-refractivity contribution < 1.29 is 32.8 Å². The van der Waals surface area contributed by atoms with Gasteiger partial charge in [0.1, 0.15) is 0 Å². The molecule has 3 N–H and O–H groups in total. The van der Waals surface area contributed by atoms with Crippen LogP contribution in [0.1, 0.15) is 35.8 Å². The minimum atomic E-state index is -1.73. The van der Waals surface area contributed by atoms with Crippen molar-refractivity contribution in [3.05, 3.63) is 23.1 Å². The lowest BCUT2D eigenvalue weighted by Crippen LogP contribution is -2.74. The Kier molecular flexibility index (Phi) is 4.10. The summed E-state index contributed by atoms with van der Waals surface area (Å²) in [5.41, 5.74) is -1.44. The predicted octanol–water partition coefficient (Wildman–Crippen LogP) is 0.361. The van der Waals surface area contributed by atoms with Crippen molar-refractivity contribution >= 4 is 40.4 Å². The molecule has 2 saturated heterocycles. The van der Waals surface area contributed by atoms with E-state index in [1.165, 1.54) is 0 Å². The molecule has 0 unspecified atom stereocenters. The van der Waals surface area contributed by atoms with Gasteiger partial charge in [0.15, 0.2) is 16.9 Å². The number of carbonyl (C=O) groups is 4. The Bertz CT molecular complexity index is 1230. The van der Waals surface area contributed by atoms with E-state index in [9.17, 15) is 19.2 Å². The molecule has 11 nitrogen and oxygen atoms in total. The molecule has 1 aromatic heterocycles. The second-order valence-corrected chi connectivity index (χ2v) is 8.95. The van der Waals surface area contributed by atoms with E-state index >= 15 is 4.39 Å². The van der Waals surface area contributed by atoms with Crippen LogP contribution in [-0.2, 0) is 20.7 Å². The van der Waals surface area contributed by atoms with Gasteiger partial charge in [0.25, 0.3) is 5.91 Å². The molecule has 5 amide bonds. The van der Waals surface area contributed by atoms with E-state index in [0.29, 0.717) is 5.56 Å². The summed E-state index contributed by atoms with van der Waals surface area (Å²) in [7, 11) is 0. The van der Waals surface area contributed by atoms with Gasteiger partial charge in [0.05, 0.1) is 29.8 Å². The number of aromatic nitrogens is 1. The fourth-order valence-corrected chi connectivity index (χ4v) is 5.31. The van der Waals surface area contributed by atoms with Gasteiger partial charge in [-0.2, -0.15) is 0 Å². The van der Waals surface area contributed by atoms with Crippen LogP contribution in [0.2, 0.25) is 0 Å². The van der Waals surface area contributed by atoms with Gasteiger partial charge in [0.2, 0.25) is 17.4 Å². The number of nitrogens with one attached hydrogen (secondary N) is 3. The largest absolute Gasteiger partial charge is 0.374 e. The number of amides is 5. The number of urea groups is 1. The number of nitrogens with zero attached hydrogens (tertiary/aromatic N) is 2. The molecule has 1 aromatic carbocycles. The molecule has 1 spiro atoms. The van der Waals surface area contributed by atoms with E-state index in [4.69, 9.17) is 9.26 Å². The van der Waals surface area contributed by atoms with Gasteiger partial charge >= 0.3 is 6.03 Å². The molecule has 172 valence electrons. The van der Waals surface area contributed by atoms with E-state index < -0.39 is 47.1 Å². The Morgan fingerprint density at radius 1 is 1.27 bits per heavy atom. The molecule has 1 aliphatic carbocycles. The molecule has 4 heterocycles. The zero-order valence-corrected chi connectivity index (χ0v) is 17.6. The van der Waals surface area contributed by atoms with Gasteiger partial charge in [-0.25, -0.2) is 9.18 Å². The molecular formula is C21H20FN5O6. The molecule has 1 saturated carbocycles. The van der Waals surface area contributed by atoms with Crippen LogP contribution in [0, 0.1) is 11.2 Å². The number of rotatable bonds is 2. The normalized spacial score (nSPS) is 26.0. The number of hydrogen-bond donors (Lipinski definition) is 3. The number of ether oxygens (including phenoxy) is 1. The molecule has 0 radical (unpaired) electrons. The van der Waals surface area contributed by atoms with Gasteiger partial charge in [-0.3, -0.25) is 25.0 Å². The number of imide groups is 2. The first kappa shape index (κ1) is 20.1. The van der Waals surface area contributed by atoms with Crippen molar-refractivity contribution in [1.82, 2.24) is 21.1 Å². The fourth-order valence-electron chi connectivity index (χ4n) is 5.31. The Balaban J connectivity index is 1.54. The van der Waals surface area contributed by atoms with Crippen LogP contribution in [0.25, 0.3) is 11.0 Å². The minimum absolute atomic E-state index is 0.0576. The van der Waals surface area contributed by atoms with Gasteiger partial charge in [-0.15, -0.1) is 0 Å². The zero-order chi connectivity index (χ0) is 23.1. The number of carbonyl (C=O) groups excluding carboxylic acids is 4. The van der Waals surface area contributed by atoms with E-state index in [1.807, 2.05) is 0 Å². The second kappa shape index (κ2) is 6.73. The Hall–Kier alpha value is -3.54. The maximum Gasteiger partial charge on any atom is 0.328 e. The Morgan fingerprint density at radius 3 is 2.70 bits per heavy atom. The maximum absolute atomic E-state index is 15.8. The summed E-state index contributed by atoms with van der Waals surface area (Å²) in [4.78, 5) is 52.3. The molecule has 2 atom stereocenters. The summed E-state index contributed by atoms with van der Waals surface area (Å²) in [6.07, 6.45) is 0.936. The Morgan fingerprint density at radius 2 is 2.00 bits per heavy atom. The van der Waals surface area contributed by atoms with Crippen LogP contribution in [0.3, 0.4) is 0 Å². The third-order valence-electron chi connectivity index (χ3n) is 6.90. The van der Waals surface area contributed by atoms with Gasteiger partial charge in [0, 0.05) is 19.0 Å². The number of anilines is 1. The van der Waals surface area contributed by atoms with Crippen molar-refractivity contribution in [3.63, 3.8) is 0 Å². The van der Waals surface area contributed by atoms with Crippen molar-refractivity contribution in [2.45, 2.75) is 44.4 Å². The van der Waals surface area contributed by atoms with E-state index in [-0.39, 0.29) is 48.0 Å². The van der Waals surface area contributed by atoms with E-state index in [2.05, 4.69) is 21.1 Å². The van der Waals surface area contributed by atoms with E-state index in [0.717, 1.165) is 12.8 Å². The van der Waals surface area contributed by atoms with Crippen LogP contribution in [0.15, 0.2) is 10.6 Å². The van der Waals surface area contributed by atoms with Crippen LogP contribution in [0.5, 0.6) is 0 Å². The zero-order valence-electron chi connectivity index (χ0n) is 17.6. The summed E-state index contributed by atoms with van der Waals surface area (Å²) in [5.74, 6) is -2.74. The van der Waals surface area contributed by atoms with Crippen molar-refractivity contribution in [1.29, 1.82) is 0 Å². The van der Waals surface area contributed by atoms with Crippen LogP contribution < -0.4 is 20.9 Å². The summed E-state index contributed by atoms with van der Waals surface area (Å²) in [6, 6.07) is -0.157. The van der Waals surface area contributed by atoms with Gasteiger partial charge in [-0.1, -0.05) is 5.16 Å². The highest BCUT2D eigenvalue weighted by molar-refractivity contribution is 6.20. The molecule has 33 heavy (non-hydrogen) atoms. The summed E-state index contributed by atoms with van der Waals surface area (Å²) >= 11 is 0. The first-order valence-electron chi connectivity index (χ1n) is 10.8. The summed E-state index contributed by atoms with van der Waals surface area (Å²) in [5, 5.41) is 11.1. The molecule has 6 rings (SSSR count). The van der Waals surface area contributed by atoms with Crippen LogP contribution in [-0.4, -0.2) is 60.2 Å². The standard InChI is InChI=1S/C21H20FN5O6/c1-8-16-21(18(29)24-20(31)25-19(21)30)7-9-6-11-13(17(28)23-10-2-3-10)26-33-15(11)12(22)14(9)27(16)4-5-32-8/h6,8,10,16H,2-5,7H2,1H3,(H,23,28)(H2,24,25,29,30,31)/t8-,16+/m0/s1. The number of hydrogen-bond acceptors (Lipinski definition) is 8. The molecule has 0 bridgehead atoms. The number of benzene rings is 1. The highest BCUT2D eigenvalue weighted by Gasteiger charge is 2.62. The molecule has 3 aliphatic heterocycles. The van der Waals surface area contributed by atoms with Crippen LogP contribution >= 0.6 is 0 Å². The average molecular weight is 457 g/mol. The summed E-state index contributed by atoms with van der Waals surface area (Å²) in [6.45, 7) is 2.16. The second-order valence-electron chi connectivity index (χ2n) is 8.95. The SMILES string of the molecule is C[C@@H]1OCCN2c3c(cc4c(C(=O)NC5CC5)noc4c3F)CC3(C(=O)NC(=O)NC3=O)[C@@H]12. The lowest BCUT2D eigenvalue weighted by Gasteiger charge is -2.54. The number of fused-ring (bicyclic) bond motifs is 5. The Labute approximate surface area is 185 Å². The van der Waals surface area contributed by atoms with Crippen molar-refractivity contribution in [2.24, 2.45) is 5.41 Å². The highest BCUT2D eigenvalue weighted by atomic mass is 19.1. The first-order valence-corrected chi connectivity index (χ1v) is 10.8. The third kappa shape index (κ3) is 2.73. The topological polar surface area (TPSA) is 143 Å². The molecule has 2 aromatic rings. The lowest BCUT2D eigenvalue weighted by atomic mass is 9.66. The van der Waals surface area contributed by atoms with Gasteiger partial charge < -0.3 is 19.5 Å². The number of morpholine rings is 1. The monoisotopic (exact) mass is 457 g/mol. The number of barbiturate groups is 1. The minimum Gasteiger partial charge on any atom is -0.374 e. The lowest BCUT2D eigenvalue weighted by molar-refractivity contribution is -0.151. The summed E-state index contributed by atoms with van der Waals surface area (Å²) < 4.78 is 26.8. The quantitative estimate of drug-likeness (QED) is 0.549. The highest BCUT2D eigenvalue weighted by Crippen LogP contribution is 2.48. The maximum atomic E-state index is 15.8. The van der Waals surface area contributed by atoms with Crippen molar-refractivity contribution in [3.8, 4) is 0 Å². The third-order valence-corrected chi connectivity index (χ3v) is 6.90. The fraction of sp³-hybridized carbons (Fsp3) is 0.476. The average Bonchev–Trinajstić information content (AvgIpc) is 3.47. The predicted molar refractivity (Wildman–Crippen MR) is 109 cm³/mol. The molecule has 3 fully saturated rings. The number of halogens is 1. The molecular weight excluding hydrogens is 437 g/mol. The first-order chi connectivity index (χ1) is 15.8. The van der Waals surface area contributed by atoms with Crippen molar-refractivity contribution in [2.75, 3.05) is 18.1 Å². The molecule has 4 aliphatic rings. The van der Waals surface area contributed by atoms with E-state index in [1.54, 1.807) is 17.9 Å². The smallest absolute Gasteiger partial charge is 0.328 e. The van der Waals surface area contributed by atoms with Gasteiger partial charge in [-0.05, 0) is 31.4 Å². The molecule has 12 heteroatoms.